The molecule has 1 aromatic rings. The minimum Gasteiger partial charge on any atom is -0.495 e. The van der Waals surface area contributed by atoms with Crippen LogP contribution in [0.1, 0.15) is 17.3 Å². The van der Waals surface area contributed by atoms with E-state index in [0.717, 1.165) is 0 Å². The molecule has 21 heavy (non-hydrogen) atoms. The first-order valence-corrected chi connectivity index (χ1v) is 8.57. The fourth-order valence-corrected chi connectivity index (χ4v) is 2.81. The van der Waals surface area contributed by atoms with Crippen molar-refractivity contribution in [1.82, 2.24) is 4.90 Å². The van der Waals surface area contributed by atoms with E-state index >= 15 is 0 Å². The molecule has 0 unspecified atom stereocenters. The average molecular weight is 336 g/mol. The zero-order valence-corrected chi connectivity index (χ0v) is 13.7. The zero-order chi connectivity index (χ0) is 16.0. The van der Waals surface area contributed by atoms with Gasteiger partial charge in [0.1, 0.15) is 10.6 Å². The van der Waals surface area contributed by atoms with Crippen LogP contribution < -0.4 is 4.74 Å². The molecule has 0 saturated heterocycles. The Kier molecular flexibility index (Phi) is 6.44. The molecule has 0 heterocycles. The van der Waals surface area contributed by atoms with Gasteiger partial charge in [0, 0.05) is 36.4 Å². The summed E-state index contributed by atoms with van der Waals surface area (Å²) in [5.41, 5.74) is 0.230. The smallest absolute Gasteiger partial charge is 0.265 e. The van der Waals surface area contributed by atoms with Crippen LogP contribution in [0.2, 0.25) is 0 Å². The molecule has 1 rings (SSSR count). The second-order valence-corrected chi connectivity index (χ2v) is 6.72. The van der Waals surface area contributed by atoms with Crippen molar-refractivity contribution in [1.29, 1.82) is 0 Å². The van der Waals surface area contributed by atoms with Crippen LogP contribution in [0.25, 0.3) is 0 Å². The summed E-state index contributed by atoms with van der Waals surface area (Å²) in [7, 11) is 4.24. The minimum atomic E-state index is -4.00. The van der Waals surface area contributed by atoms with E-state index in [0.29, 0.717) is 19.7 Å². The van der Waals surface area contributed by atoms with Gasteiger partial charge >= 0.3 is 0 Å². The van der Waals surface area contributed by atoms with E-state index < -0.39 is 9.05 Å². The summed E-state index contributed by atoms with van der Waals surface area (Å²) in [5, 5.41) is 0. The van der Waals surface area contributed by atoms with Gasteiger partial charge in [0.15, 0.2) is 0 Å². The molecule has 0 aliphatic rings. The predicted molar refractivity (Wildman–Crippen MR) is 79.5 cm³/mol. The summed E-state index contributed by atoms with van der Waals surface area (Å²) in [4.78, 5) is 13.7. The van der Waals surface area contributed by atoms with E-state index in [9.17, 15) is 13.2 Å². The van der Waals surface area contributed by atoms with Crippen molar-refractivity contribution < 1.29 is 22.7 Å². The van der Waals surface area contributed by atoms with Crippen molar-refractivity contribution in [3.8, 4) is 5.75 Å². The summed E-state index contributed by atoms with van der Waals surface area (Å²) >= 11 is 0. The second-order valence-electron chi connectivity index (χ2n) is 4.18. The van der Waals surface area contributed by atoms with Gasteiger partial charge in [-0.15, -0.1) is 0 Å². The van der Waals surface area contributed by atoms with Gasteiger partial charge in [0.2, 0.25) is 0 Å². The highest BCUT2D eigenvalue weighted by molar-refractivity contribution is 8.13. The number of benzene rings is 1. The van der Waals surface area contributed by atoms with Crippen molar-refractivity contribution in [3.05, 3.63) is 23.8 Å². The third kappa shape index (κ3) is 4.59. The molecule has 0 aromatic heterocycles. The number of hydrogen-bond donors (Lipinski definition) is 0. The van der Waals surface area contributed by atoms with Crippen LogP contribution in [0.15, 0.2) is 23.1 Å². The minimum absolute atomic E-state index is 0.0986. The molecule has 0 atom stereocenters. The number of halogens is 1. The normalized spacial score (nSPS) is 11.2. The maximum Gasteiger partial charge on any atom is 0.265 e. The zero-order valence-electron chi connectivity index (χ0n) is 12.1. The molecule has 0 aliphatic carbocycles. The van der Waals surface area contributed by atoms with Gasteiger partial charge in [0.05, 0.1) is 13.7 Å². The average Bonchev–Trinajstić information content (AvgIpc) is 2.46. The first-order valence-electron chi connectivity index (χ1n) is 6.26. The molecule has 0 N–H and O–H groups in total. The van der Waals surface area contributed by atoms with Crippen LogP contribution in [0.4, 0.5) is 0 Å². The molecular weight excluding hydrogens is 318 g/mol. The van der Waals surface area contributed by atoms with E-state index in [1.807, 2.05) is 6.92 Å². The van der Waals surface area contributed by atoms with Gasteiger partial charge in [-0.3, -0.25) is 4.79 Å². The van der Waals surface area contributed by atoms with Crippen LogP contribution in [0.5, 0.6) is 5.75 Å². The van der Waals surface area contributed by atoms with Crippen LogP contribution in [-0.2, 0) is 13.8 Å². The van der Waals surface area contributed by atoms with Crippen LogP contribution in [-0.4, -0.2) is 53.1 Å². The molecule has 6 nitrogen and oxygen atoms in total. The van der Waals surface area contributed by atoms with Crippen LogP contribution >= 0.6 is 10.7 Å². The monoisotopic (exact) mass is 335 g/mol. The molecule has 0 radical (unpaired) electrons. The Morgan fingerprint density at radius 1 is 1.33 bits per heavy atom. The molecule has 0 saturated carbocycles. The number of carbonyl (C=O) groups is 1. The Balaban J connectivity index is 3.16. The lowest BCUT2D eigenvalue weighted by molar-refractivity contribution is 0.0706. The van der Waals surface area contributed by atoms with Crippen molar-refractivity contribution in [2.24, 2.45) is 0 Å². The lowest BCUT2D eigenvalue weighted by atomic mass is 10.2. The van der Waals surface area contributed by atoms with Crippen LogP contribution in [0, 0.1) is 0 Å². The first-order chi connectivity index (χ1) is 9.85. The maximum atomic E-state index is 12.4. The van der Waals surface area contributed by atoms with Crippen LogP contribution in [0.3, 0.4) is 0 Å². The Hall–Kier alpha value is -1.31. The molecule has 118 valence electrons. The summed E-state index contributed by atoms with van der Waals surface area (Å²) in [5.74, 6) is -0.194. The van der Waals surface area contributed by atoms with Gasteiger partial charge in [-0.25, -0.2) is 8.42 Å². The van der Waals surface area contributed by atoms with Gasteiger partial charge in [0.25, 0.3) is 15.0 Å². The lowest BCUT2D eigenvalue weighted by Gasteiger charge is -2.21. The Morgan fingerprint density at radius 2 is 2.00 bits per heavy atom. The number of hydrogen-bond acceptors (Lipinski definition) is 5. The molecule has 0 spiro atoms. The van der Waals surface area contributed by atoms with E-state index in [2.05, 4.69) is 0 Å². The summed E-state index contributed by atoms with van der Waals surface area (Å²) < 4.78 is 33.0. The Morgan fingerprint density at radius 3 is 2.48 bits per heavy atom. The number of rotatable bonds is 7. The van der Waals surface area contributed by atoms with Crippen molar-refractivity contribution in [3.63, 3.8) is 0 Å². The van der Waals surface area contributed by atoms with E-state index in [4.69, 9.17) is 20.2 Å². The van der Waals surface area contributed by atoms with Crippen molar-refractivity contribution >= 4 is 25.6 Å². The third-order valence-electron chi connectivity index (χ3n) is 2.91. The molecular formula is C13H18ClNO5S. The first kappa shape index (κ1) is 17.7. The largest absolute Gasteiger partial charge is 0.495 e. The fourth-order valence-electron chi connectivity index (χ4n) is 1.79. The molecule has 0 fully saturated rings. The van der Waals surface area contributed by atoms with Gasteiger partial charge in [-0.05, 0) is 25.1 Å². The number of nitrogens with zero attached hydrogens (tertiary/aromatic N) is 1. The van der Waals surface area contributed by atoms with E-state index in [-0.39, 0.29) is 22.1 Å². The highest BCUT2D eigenvalue weighted by Crippen LogP contribution is 2.28. The Bertz CT molecular complexity index is 603. The quantitative estimate of drug-likeness (QED) is 0.709. The number of carbonyl (C=O) groups excluding carboxylic acids is 1. The highest BCUT2D eigenvalue weighted by atomic mass is 35.7. The molecule has 0 bridgehead atoms. The number of methoxy groups -OCH3 is 2. The van der Waals surface area contributed by atoms with Crippen molar-refractivity contribution in [2.45, 2.75) is 11.8 Å². The summed E-state index contributed by atoms with van der Waals surface area (Å²) in [6, 6.07) is 4.13. The highest BCUT2D eigenvalue weighted by Gasteiger charge is 2.21. The topological polar surface area (TPSA) is 72.9 Å². The second kappa shape index (κ2) is 7.63. The predicted octanol–water partition coefficient (Wildman–Crippen LogP) is 1.73. The van der Waals surface area contributed by atoms with E-state index in [1.54, 1.807) is 12.0 Å². The standard InChI is InChI=1S/C13H18ClNO5S/c1-4-15(7-8-19-2)13(16)10-5-6-11(20-3)12(9-10)21(14,17)18/h5-6,9H,4,7-8H2,1-3H3. The molecule has 8 heteroatoms. The van der Waals surface area contributed by atoms with Gasteiger partial charge in [-0.2, -0.15) is 0 Å². The summed E-state index contributed by atoms with van der Waals surface area (Å²) in [6.07, 6.45) is 0. The fraction of sp³-hybridized carbons (Fsp3) is 0.462. The maximum absolute atomic E-state index is 12.4. The third-order valence-corrected chi connectivity index (χ3v) is 4.25. The number of ether oxygens (including phenoxy) is 2. The SMILES string of the molecule is CCN(CCOC)C(=O)c1ccc(OC)c(S(=O)(=O)Cl)c1. The van der Waals surface area contributed by atoms with Gasteiger partial charge < -0.3 is 14.4 Å². The molecule has 1 amide bonds. The van der Waals surface area contributed by atoms with Gasteiger partial charge in [-0.1, -0.05) is 0 Å². The van der Waals surface area contributed by atoms with E-state index in [1.165, 1.54) is 25.3 Å². The molecule has 1 aromatic carbocycles. The molecule has 0 aliphatic heterocycles. The lowest BCUT2D eigenvalue weighted by Crippen LogP contribution is -2.33. The number of likely N-dealkylation sites (N-methyl/N-ethyl adjacent to an activating group) is 1. The number of amides is 1. The summed E-state index contributed by atoms with van der Waals surface area (Å²) in [6.45, 7) is 3.13. The Labute approximate surface area is 129 Å². The van der Waals surface area contributed by atoms with Crippen molar-refractivity contribution in [2.75, 3.05) is 33.9 Å².